The van der Waals surface area contributed by atoms with Gasteiger partial charge in [0, 0.05) is 0 Å². The normalized spacial score (nSPS) is 10.2. The lowest BCUT2D eigenvalue weighted by molar-refractivity contribution is 1.15. The minimum absolute atomic E-state index is 0.731. The largest absolute Gasteiger partial charge is 0.244 e. The van der Waals surface area contributed by atoms with Crippen molar-refractivity contribution in [2.45, 2.75) is 13.3 Å². The van der Waals surface area contributed by atoms with Crippen molar-refractivity contribution in [1.82, 2.24) is 4.98 Å². The summed E-state index contributed by atoms with van der Waals surface area (Å²) >= 11 is 1.53. The highest BCUT2D eigenvalue weighted by molar-refractivity contribution is 7.17. The average molecular weight is 188 g/mol. The lowest BCUT2D eigenvalue weighted by atomic mass is 10.1. The molecule has 2 nitrogen and oxygen atoms in total. The molecule has 0 aliphatic heterocycles. The van der Waals surface area contributed by atoms with E-state index in [2.05, 4.69) is 18.0 Å². The van der Waals surface area contributed by atoms with Crippen molar-refractivity contribution in [3.8, 4) is 6.07 Å². The second kappa shape index (κ2) is 3.15. The molecular formula is C10H8N2S. The van der Waals surface area contributed by atoms with Gasteiger partial charge in [0.1, 0.15) is 6.07 Å². The fourth-order valence-electron chi connectivity index (χ4n) is 1.38. The number of aromatic nitrogens is 1. The predicted molar refractivity (Wildman–Crippen MR) is 53.7 cm³/mol. The van der Waals surface area contributed by atoms with E-state index in [-0.39, 0.29) is 0 Å². The molecular weight excluding hydrogens is 180 g/mol. The van der Waals surface area contributed by atoms with E-state index in [1.165, 1.54) is 16.9 Å². The number of thiazole rings is 1. The minimum Gasteiger partial charge on any atom is -0.244 e. The van der Waals surface area contributed by atoms with Crippen molar-refractivity contribution >= 4 is 21.6 Å². The van der Waals surface area contributed by atoms with Crippen molar-refractivity contribution in [1.29, 1.82) is 5.26 Å². The average Bonchev–Trinajstić information content (AvgIpc) is 2.64. The monoisotopic (exact) mass is 188 g/mol. The number of fused-ring (bicyclic) bond motifs is 1. The van der Waals surface area contributed by atoms with Gasteiger partial charge in [-0.1, -0.05) is 13.0 Å². The summed E-state index contributed by atoms with van der Waals surface area (Å²) in [5.74, 6) is 0. The zero-order valence-electron chi connectivity index (χ0n) is 7.24. The molecule has 0 bridgehead atoms. The van der Waals surface area contributed by atoms with E-state index >= 15 is 0 Å². The number of nitriles is 1. The molecule has 0 aliphatic rings. The van der Waals surface area contributed by atoms with Crippen LogP contribution in [0.1, 0.15) is 18.1 Å². The van der Waals surface area contributed by atoms with Crippen LogP contribution in [0, 0.1) is 11.3 Å². The Hall–Kier alpha value is -1.40. The first-order valence-corrected chi connectivity index (χ1v) is 5.00. The van der Waals surface area contributed by atoms with Gasteiger partial charge in [0.15, 0.2) is 0 Å². The van der Waals surface area contributed by atoms with Gasteiger partial charge >= 0.3 is 0 Å². The molecule has 0 atom stereocenters. The fourth-order valence-corrected chi connectivity index (χ4v) is 2.18. The lowest BCUT2D eigenvalue weighted by Gasteiger charge is -1.98. The smallest absolute Gasteiger partial charge is 0.101 e. The summed E-state index contributed by atoms with van der Waals surface area (Å²) in [6.45, 7) is 2.10. The zero-order chi connectivity index (χ0) is 9.26. The Morgan fingerprint density at radius 1 is 1.54 bits per heavy atom. The molecule has 0 saturated carbocycles. The van der Waals surface area contributed by atoms with Gasteiger partial charge in [-0.2, -0.15) is 5.26 Å². The molecule has 0 saturated heterocycles. The van der Waals surface area contributed by atoms with E-state index in [4.69, 9.17) is 5.26 Å². The van der Waals surface area contributed by atoms with Crippen molar-refractivity contribution in [3.05, 3.63) is 28.8 Å². The highest BCUT2D eigenvalue weighted by Crippen LogP contribution is 2.25. The Morgan fingerprint density at radius 2 is 2.38 bits per heavy atom. The Labute approximate surface area is 80.5 Å². The zero-order valence-corrected chi connectivity index (χ0v) is 8.06. The molecule has 13 heavy (non-hydrogen) atoms. The number of nitrogens with zero attached hydrogens (tertiary/aromatic N) is 2. The fraction of sp³-hybridized carbons (Fsp3) is 0.200. The van der Waals surface area contributed by atoms with Gasteiger partial charge < -0.3 is 0 Å². The van der Waals surface area contributed by atoms with Gasteiger partial charge in [0.25, 0.3) is 0 Å². The summed E-state index contributed by atoms with van der Waals surface area (Å²) in [5.41, 5.74) is 4.74. The Morgan fingerprint density at radius 3 is 3.08 bits per heavy atom. The topological polar surface area (TPSA) is 36.7 Å². The molecule has 1 aromatic heterocycles. The molecule has 0 N–H and O–H groups in total. The second-order valence-corrected chi connectivity index (χ2v) is 3.62. The second-order valence-electron chi connectivity index (χ2n) is 2.77. The van der Waals surface area contributed by atoms with E-state index in [9.17, 15) is 0 Å². The third kappa shape index (κ3) is 1.20. The minimum atomic E-state index is 0.731. The van der Waals surface area contributed by atoms with Crippen LogP contribution < -0.4 is 0 Å². The number of aryl methyl sites for hydroxylation is 1. The molecule has 3 heteroatoms. The summed E-state index contributed by atoms with van der Waals surface area (Å²) in [4.78, 5) is 4.27. The van der Waals surface area contributed by atoms with Crippen molar-refractivity contribution in [2.75, 3.05) is 0 Å². The molecule has 2 rings (SSSR count). The van der Waals surface area contributed by atoms with Crippen LogP contribution in [0.15, 0.2) is 17.6 Å². The van der Waals surface area contributed by atoms with Gasteiger partial charge in [0.05, 0.1) is 21.3 Å². The van der Waals surface area contributed by atoms with E-state index in [1.807, 2.05) is 12.1 Å². The van der Waals surface area contributed by atoms with Gasteiger partial charge in [0.2, 0.25) is 0 Å². The predicted octanol–water partition coefficient (Wildman–Crippen LogP) is 2.73. The number of hydrogen-bond acceptors (Lipinski definition) is 3. The van der Waals surface area contributed by atoms with Crippen LogP contribution in [-0.2, 0) is 6.42 Å². The van der Waals surface area contributed by atoms with Crippen LogP contribution in [0.3, 0.4) is 0 Å². The molecule has 1 aromatic carbocycles. The van der Waals surface area contributed by atoms with Crippen LogP contribution >= 0.6 is 11.3 Å². The first-order chi connectivity index (χ1) is 6.36. The molecule has 0 spiro atoms. The van der Waals surface area contributed by atoms with Gasteiger partial charge in [-0.3, -0.25) is 0 Å². The Balaban J connectivity index is 2.83. The molecule has 0 amide bonds. The number of rotatable bonds is 1. The van der Waals surface area contributed by atoms with E-state index in [1.54, 1.807) is 5.51 Å². The maximum absolute atomic E-state index is 8.85. The van der Waals surface area contributed by atoms with Crippen LogP contribution in [-0.4, -0.2) is 4.98 Å². The summed E-state index contributed by atoms with van der Waals surface area (Å²) < 4.78 is 1.02. The Kier molecular flexibility index (Phi) is 1.99. The molecule has 64 valence electrons. The molecule has 0 aliphatic carbocycles. The van der Waals surface area contributed by atoms with Crippen LogP contribution in [0.5, 0.6) is 0 Å². The Bertz CT molecular complexity index is 479. The molecule has 0 unspecified atom stereocenters. The molecule has 1 heterocycles. The number of benzene rings is 1. The lowest BCUT2D eigenvalue weighted by Crippen LogP contribution is -1.84. The van der Waals surface area contributed by atoms with E-state index in [0.717, 1.165) is 22.2 Å². The molecule has 0 radical (unpaired) electrons. The SMILES string of the molecule is CCc1ccc(C#N)c2scnc12. The molecule has 0 fully saturated rings. The van der Waals surface area contributed by atoms with Gasteiger partial charge in [-0.25, -0.2) is 4.98 Å². The highest BCUT2D eigenvalue weighted by Gasteiger charge is 2.06. The van der Waals surface area contributed by atoms with Gasteiger partial charge in [-0.05, 0) is 18.1 Å². The van der Waals surface area contributed by atoms with Crippen molar-refractivity contribution in [2.24, 2.45) is 0 Å². The maximum Gasteiger partial charge on any atom is 0.101 e. The third-order valence-corrected chi connectivity index (χ3v) is 2.93. The van der Waals surface area contributed by atoms with Crippen LogP contribution in [0.2, 0.25) is 0 Å². The summed E-state index contributed by atoms with van der Waals surface area (Å²) in [5, 5.41) is 8.85. The molecule has 2 aromatic rings. The third-order valence-electron chi connectivity index (χ3n) is 2.07. The number of hydrogen-bond donors (Lipinski definition) is 0. The summed E-state index contributed by atoms with van der Waals surface area (Å²) in [6.07, 6.45) is 0.964. The quantitative estimate of drug-likeness (QED) is 0.690. The van der Waals surface area contributed by atoms with Crippen LogP contribution in [0.4, 0.5) is 0 Å². The maximum atomic E-state index is 8.85. The van der Waals surface area contributed by atoms with Crippen LogP contribution in [0.25, 0.3) is 10.2 Å². The van der Waals surface area contributed by atoms with E-state index in [0.29, 0.717) is 0 Å². The summed E-state index contributed by atoms with van der Waals surface area (Å²) in [6, 6.07) is 6.04. The van der Waals surface area contributed by atoms with Gasteiger partial charge in [-0.15, -0.1) is 11.3 Å². The first kappa shape index (κ1) is 8.21. The summed E-state index contributed by atoms with van der Waals surface area (Å²) in [7, 11) is 0. The van der Waals surface area contributed by atoms with E-state index < -0.39 is 0 Å². The van der Waals surface area contributed by atoms with Crippen molar-refractivity contribution in [3.63, 3.8) is 0 Å². The highest BCUT2D eigenvalue weighted by atomic mass is 32.1. The van der Waals surface area contributed by atoms with Crippen molar-refractivity contribution < 1.29 is 0 Å². The standard InChI is InChI=1S/C10H8N2S/c1-2-7-3-4-8(5-11)10-9(7)12-6-13-10/h3-4,6H,2H2,1H3. The first-order valence-electron chi connectivity index (χ1n) is 4.12.